The molecule has 0 atom stereocenters. The second kappa shape index (κ2) is 10.8. The third kappa shape index (κ3) is 5.65. The third-order valence-corrected chi connectivity index (χ3v) is 6.49. The van der Waals surface area contributed by atoms with E-state index in [2.05, 4.69) is 37.2 Å². The van der Waals surface area contributed by atoms with Gasteiger partial charge in [0.05, 0.1) is 6.54 Å². The topological polar surface area (TPSA) is 72.7 Å². The predicted molar refractivity (Wildman–Crippen MR) is 139 cm³/mol. The summed E-state index contributed by atoms with van der Waals surface area (Å²) >= 11 is 1.62. The number of carbonyl (C=O) groups is 1. The summed E-state index contributed by atoms with van der Waals surface area (Å²) in [5.74, 6) is 1.40. The molecule has 1 amide bonds. The Morgan fingerprint density at radius 2 is 1.46 bits per heavy atom. The van der Waals surface area contributed by atoms with Gasteiger partial charge in [0.25, 0.3) is 5.91 Å². The minimum Gasteiger partial charge on any atom is -0.322 e. The molecule has 0 aliphatic rings. The van der Waals surface area contributed by atoms with Crippen LogP contribution in [0.25, 0.3) is 11.4 Å². The Hall–Kier alpha value is -4.23. The van der Waals surface area contributed by atoms with E-state index < -0.39 is 0 Å². The fraction of sp³-hybridized carbons (Fsp3) is 0.0714. The Balaban J connectivity index is 1.31. The Bertz CT molecular complexity index is 1390. The number of aromatic nitrogens is 4. The molecule has 0 spiro atoms. The van der Waals surface area contributed by atoms with Crippen LogP contribution in [0.5, 0.6) is 0 Å². The number of amides is 1. The molecule has 0 unspecified atom stereocenters. The van der Waals surface area contributed by atoms with Crippen molar-refractivity contribution in [2.24, 2.45) is 0 Å². The fourth-order valence-electron chi connectivity index (χ4n) is 3.64. The second-order valence-electron chi connectivity index (χ2n) is 7.92. The molecular weight excluding hydrogens is 454 g/mol. The Labute approximate surface area is 208 Å². The number of hydrogen-bond acceptors (Lipinski definition) is 5. The zero-order valence-electron chi connectivity index (χ0n) is 18.9. The molecule has 2 aromatic heterocycles. The van der Waals surface area contributed by atoms with Gasteiger partial charge in [0.2, 0.25) is 0 Å². The van der Waals surface area contributed by atoms with E-state index in [-0.39, 0.29) is 5.91 Å². The molecule has 0 saturated heterocycles. The van der Waals surface area contributed by atoms with Crippen LogP contribution >= 0.6 is 11.8 Å². The molecule has 1 N–H and O–H groups in total. The van der Waals surface area contributed by atoms with Gasteiger partial charge in [0.1, 0.15) is 0 Å². The molecule has 3 aromatic carbocycles. The first-order valence-corrected chi connectivity index (χ1v) is 12.2. The molecule has 5 aromatic rings. The maximum atomic E-state index is 12.5. The summed E-state index contributed by atoms with van der Waals surface area (Å²) in [5, 5.41) is 12.7. The zero-order valence-corrected chi connectivity index (χ0v) is 19.7. The smallest absolute Gasteiger partial charge is 0.255 e. The highest BCUT2D eigenvalue weighted by Crippen LogP contribution is 2.27. The fourth-order valence-corrected chi connectivity index (χ4v) is 4.54. The summed E-state index contributed by atoms with van der Waals surface area (Å²) in [7, 11) is 0. The van der Waals surface area contributed by atoms with Crippen molar-refractivity contribution in [2.75, 3.05) is 5.32 Å². The van der Waals surface area contributed by atoms with Crippen LogP contribution in [0.15, 0.2) is 115 Å². The van der Waals surface area contributed by atoms with Gasteiger partial charge in [-0.3, -0.25) is 14.3 Å². The number of para-hydroxylation sites is 1. The van der Waals surface area contributed by atoms with E-state index >= 15 is 0 Å². The Morgan fingerprint density at radius 1 is 0.771 bits per heavy atom. The number of nitrogens with zero attached hydrogens (tertiary/aromatic N) is 4. The van der Waals surface area contributed by atoms with Crippen LogP contribution in [0.4, 0.5) is 5.69 Å². The first kappa shape index (κ1) is 22.6. The van der Waals surface area contributed by atoms with E-state index in [1.807, 2.05) is 84.9 Å². The van der Waals surface area contributed by atoms with Crippen molar-refractivity contribution in [3.05, 3.63) is 126 Å². The summed E-state index contributed by atoms with van der Waals surface area (Å²) in [6.45, 7) is 0.673. The van der Waals surface area contributed by atoms with Crippen LogP contribution < -0.4 is 5.32 Å². The highest BCUT2D eigenvalue weighted by molar-refractivity contribution is 7.98. The molecule has 6 nitrogen and oxygen atoms in total. The SMILES string of the molecule is O=C(Nc1ccccc1)c1ccc(CSc2nnc(-c3ccncc3)n2Cc2ccccc2)cc1. The number of hydrogen-bond donors (Lipinski definition) is 1. The molecule has 0 radical (unpaired) electrons. The molecule has 172 valence electrons. The average molecular weight is 478 g/mol. The molecule has 7 heteroatoms. The first-order chi connectivity index (χ1) is 17.3. The van der Waals surface area contributed by atoms with Gasteiger partial charge in [-0.25, -0.2) is 0 Å². The van der Waals surface area contributed by atoms with E-state index in [0.29, 0.717) is 17.9 Å². The number of rotatable bonds is 8. The molecule has 0 bridgehead atoms. The number of benzene rings is 3. The lowest BCUT2D eigenvalue weighted by atomic mass is 10.1. The minimum atomic E-state index is -0.125. The third-order valence-electron chi connectivity index (χ3n) is 5.45. The van der Waals surface area contributed by atoms with E-state index in [4.69, 9.17) is 0 Å². The molecule has 0 aliphatic carbocycles. The van der Waals surface area contributed by atoms with Crippen LogP contribution in [0.2, 0.25) is 0 Å². The molecule has 5 rings (SSSR count). The van der Waals surface area contributed by atoms with Crippen molar-refractivity contribution < 1.29 is 4.79 Å². The van der Waals surface area contributed by atoms with E-state index in [9.17, 15) is 4.79 Å². The van der Waals surface area contributed by atoms with Crippen LogP contribution in [-0.2, 0) is 12.3 Å². The van der Waals surface area contributed by atoms with Gasteiger partial charge in [0, 0.05) is 35.0 Å². The zero-order chi connectivity index (χ0) is 23.9. The maximum absolute atomic E-state index is 12.5. The lowest BCUT2D eigenvalue weighted by molar-refractivity contribution is 0.102. The molecular formula is C28H23N5OS. The number of anilines is 1. The normalized spacial score (nSPS) is 10.7. The van der Waals surface area contributed by atoms with Crippen molar-refractivity contribution in [1.29, 1.82) is 0 Å². The van der Waals surface area contributed by atoms with Gasteiger partial charge in [-0.1, -0.05) is 72.4 Å². The molecule has 35 heavy (non-hydrogen) atoms. The van der Waals surface area contributed by atoms with Crippen molar-refractivity contribution in [1.82, 2.24) is 19.7 Å². The lowest BCUT2D eigenvalue weighted by Gasteiger charge is -2.11. The van der Waals surface area contributed by atoms with E-state index in [0.717, 1.165) is 27.8 Å². The van der Waals surface area contributed by atoms with Gasteiger partial charge in [0.15, 0.2) is 11.0 Å². The summed E-state index contributed by atoms with van der Waals surface area (Å²) in [5.41, 5.74) is 4.66. The summed E-state index contributed by atoms with van der Waals surface area (Å²) in [6, 6.07) is 31.3. The molecule has 0 saturated carbocycles. The number of pyridine rings is 1. The molecule has 0 aliphatic heterocycles. The second-order valence-corrected chi connectivity index (χ2v) is 8.86. The maximum Gasteiger partial charge on any atom is 0.255 e. The van der Waals surface area contributed by atoms with E-state index in [1.54, 1.807) is 24.2 Å². The van der Waals surface area contributed by atoms with Crippen molar-refractivity contribution in [2.45, 2.75) is 17.5 Å². The predicted octanol–water partition coefficient (Wildman–Crippen LogP) is 5.93. The molecule has 2 heterocycles. The highest BCUT2D eigenvalue weighted by Gasteiger charge is 2.15. The Kier molecular flexibility index (Phi) is 6.96. The van der Waals surface area contributed by atoms with Crippen LogP contribution in [-0.4, -0.2) is 25.7 Å². The Morgan fingerprint density at radius 3 is 2.17 bits per heavy atom. The van der Waals surface area contributed by atoms with Gasteiger partial charge in [-0.2, -0.15) is 0 Å². The number of carbonyl (C=O) groups excluding carboxylic acids is 1. The largest absolute Gasteiger partial charge is 0.322 e. The monoisotopic (exact) mass is 477 g/mol. The van der Waals surface area contributed by atoms with Gasteiger partial charge < -0.3 is 5.32 Å². The van der Waals surface area contributed by atoms with Gasteiger partial charge in [-0.15, -0.1) is 10.2 Å². The lowest BCUT2D eigenvalue weighted by Crippen LogP contribution is -2.11. The van der Waals surface area contributed by atoms with Gasteiger partial charge >= 0.3 is 0 Å². The van der Waals surface area contributed by atoms with Gasteiger partial charge in [-0.05, 0) is 47.5 Å². The minimum absolute atomic E-state index is 0.125. The van der Waals surface area contributed by atoms with Crippen molar-refractivity contribution >= 4 is 23.4 Å². The quantitative estimate of drug-likeness (QED) is 0.280. The highest BCUT2D eigenvalue weighted by atomic mass is 32.2. The summed E-state index contributed by atoms with van der Waals surface area (Å²) < 4.78 is 2.14. The van der Waals surface area contributed by atoms with Crippen molar-refractivity contribution in [3.63, 3.8) is 0 Å². The van der Waals surface area contributed by atoms with Crippen LogP contribution in [0.3, 0.4) is 0 Å². The summed E-state index contributed by atoms with van der Waals surface area (Å²) in [4.78, 5) is 16.6. The van der Waals surface area contributed by atoms with E-state index in [1.165, 1.54) is 5.56 Å². The molecule has 0 fully saturated rings. The standard InChI is InChI=1S/C28H23N5OS/c34-27(30-25-9-5-2-6-10-25)24-13-11-22(12-14-24)20-35-28-32-31-26(23-15-17-29-18-16-23)33(28)19-21-7-3-1-4-8-21/h1-18H,19-20H2,(H,30,34). The number of thioether (sulfide) groups is 1. The van der Waals surface area contributed by atoms with Crippen LogP contribution in [0.1, 0.15) is 21.5 Å². The van der Waals surface area contributed by atoms with Crippen LogP contribution in [0, 0.1) is 0 Å². The van der Waals surface area contributed by atoms with Crippen molar-refractivity contribution in [3.8, 4) is 11.4 Å². The average Bonchev–Trinajstić information content (AvgIpc) is 3.31. The number of nitrogens with one attached hydrogen (secondary N) is 1. The summed E-state index contributed by atoms with van der Waals surface area (Å²) in [6.07, 6.45) is 3.53. The first-order valence-electron chi connectivity index (χ1n) is 11.2.